The highest BCUT2D eigenvalue weighted by molar-refractivity contribution is 5.70. The third kappa shape index (κ3) is 4.88. The summed E-state index contributed by atoms with van der Waals surface area (Å²) in [6.45, 7) is 5.62. The van der Waals surface area contributed by atoms with Crippen molar-refractivity contribution in [3.63, 3.8) is 0 Å². The van der Waals surface area contributed by atoms with Crippen LogP contribution in [0.25, 0.3) is 0 Å². The molecule has 116 valence electrons. The molecule has 5 heteroatoms. The predicted octanol–water partition coefficient (Wildman–Crippen LogP) is 2.50. The Hall–Kier alpha value is -1.85. The Morgan fingerprint density at radius 3 is 2.38 bits per heavy atom. The van der Waals surface area contributed by atoms with E-state index in [0.717, 1.165) is 11.3 Å². The van der Waals surface area contributed by atoms with Crippen LogP contribution in [0.4, 0.5) is 0 Å². The second-order valence-corrected chi connectivity index (χ2v) is 4.69. The van der Waals surface area contributed by atoms with Gasteiger partial charge in [-0.3, -0.25) is 4.79 Å². The van der Waals surface area contributed by atoms with E-state index >= 15 is 0 Å². The molecule has 0 aromatic heterocycles. The van der Waals surface area contributed by atoms with Crippen molar-refractivity contribution in [1.29, 1.82) is 0 Å². The third-order valence-corrected chi connectivity index (χ3v) is 3.31. The summed E-state index contributed by atoms with van der Waals surface area (Å²) in [4.78, 5) is 11.1. The van der Waals surface area contributed by atoms with Gasteiger partial charge in [-0.1, -0.05) is 18.2 Å². The van der Waals surface area contributed by atoms with E-state index in [1.165, 1.54) is 7.11 Å². The zero-order chi connectivity index (χ0) is 15.8. The molecular formula is C16H22O5. The topological polar surface area (TPSA) is 65.0 Å². The summed E-state index contributed by atoms with van der Waals surface area (Å²) in [6, 6.07) is 7.47. The van der Waals surface area contributed by atoms with Crippen LogP contribution >= 0.6 is 0 Å². The molecule has 0 aliphatic carbocycles. The van der Waals surface area contributed by atoms with Gasteiger partial charge >= 0.3 is 5.97 Å². The number of carbonyl (C=O) groups is 1. The fourth-order valence-electron chi connectivity index (χ4n) is 1.97. The van der Waals surface area contributed by atoms with E-state index in [1.807, 2.05) is 24.3 Å². The molecule has 0 saturated heterocycles. The Labute approximate surface area is 125 Å². The minimum absolute atomic E-state index is 0.340. The van der Waals surface area contributed by atoms with Gasteiger partial charge in [0.05, 0.1) is 25.7 Å². The zero-order valence-electron chi connectivity index (χ0n) is 12.6. The lowest BCUT2D eigenvalue weighted by Gasteiger charge is -2.26. The van der Waals surface area contributed by atoms with Crippen LogP contribution in [-0.2, 0) is 20.9 Å². The van der Waals surface area contributed by atoms with Crippen LogP contribution in [0.3, 0.4) is 0 Å². The summed E-state index contributed by atoms with van der Waals surface area (Å²) in [5.74, 6) is -0.844. The Balaban J connectivity index is 2.67. The lowest BCUT2D eigenvalue weighted by Crippen LogP contribution is -2.38. The van der Waals surface area contributed by atoms with E-state index in [4.69, 9.17) is 19.3 Å². The first-order valence-electron chi connectivity index (χ1n) is 6.66. The van der Waals surface area contributed by atoms with Crippen molar-refractivity contribution in [2.75, 3.05) is 14.2 Å². The molecule has 0 radical (unpaired) electrons. The van der Waals surface area contributed by atoms with Gasteiger partial charge in [0, 0.05) is 7.11 Å². The lowest BCUT2D eigenvalue weighted by molar-refractivity contribution is -0.150. The number of carboxylic acid groups (broad SMARTS) is 1. The van der Waals surface area contributed by atoms with E-state index in [2.05, 4.69) is 6.58 Å². The highest BCUT2D eigenvalue weighted by Gasteiger charge is 2.30. The number of hydrogen-bond donors (Lipinski definition) is 1. The van der Waals surface area contributed by atoms with Crippen LogP contribution in [-0.4, -0.2) is 37.5 Å². The third-order valence-electron chi connectivity index (χ3n) is 3.31. The van der Waals surface area contributed by atoms with Crippen molar-refractivity contribution in [1.82, 2.24) is 0 Å². The van der Waals surface area contributed by atoms with E-state index in [-0.39, 0.29) is 0 Å². The molecule has 0 fully saturated rings. The molecule has 5 nitrogen and oxygen atoms in total. The number of benzene rings is 1. The van der Waals surface area contributed by atoms with E-state index in [1.54, 1.807) is 20.1 Å². The fourth-order valence-corrected chi connectivity index (χ4v) is 1.97. The van der Waals surface area contributed by atoms with E-state index in [9.17, 15) is 4.79 Å². The number of carboxylic acids is 1. The van der Waals surface area contributed by atoms with Gasteiger partial charge in [-0.25, -0.2) is 0 Å². The van der Waals surface area contributed by atoms with Gasteiger partial charge in [0.2, 0.25) is 0 Å². The predicted molar refractivity (Wildman–Crippen MR) is 79.4 cm³/mol. The summed E-state index contributed by atoms with van der Waals surface area (Å²) in [6.07, 6.45) is 0.485. The van der Waals surface area contributed by atoms with Crippen LogP contribution in [0.15, 0.2) is 36.9 Å². The highest BCUT2D eigenvalue weighted by Crippen LogP contribution is 2.18. The number of rotatable bonds is 9. The van der Waals surface area contributed by atoms with Gasteiger partial charge in [-0.05, 0) is 24.6 Å². The Morgan fingerprint density at radius 2 is 1.95 bits per heavy atom. The zero-order valence-corrected chi connectivity index (χ0v) is 12.6. The largest absolute Gasteiger partial charge is 0.497 e. The van der Waals surface area contributed by atoms with Crippen LogP contribution in [0, 0.1) is 5.92 Å². The summed E-state index contributed by atoms with van der Waals surface area (Å²) < 4.78 is 16.1. The molecule has 1 aromatic rings. The first-order valence-corrected chi connectivity index (χ1v) is 6.66. The molecule has 0 aliphatic rings. The Morgan fingerprint density at radius 1 is 1.33 bits per heavy atom. The maximum atomic E-state index is 11.1. The summed E-state index contributed by atoms with van der Waals surface area (Å²) >= 11 is 0. The Bertz CT molecular complexity index is 454. The van der Waals surface area contributed by atoms with Crippen LogP contribution in [0.5, 0.6) is 5.75 Å². The molecule has 1 rings (SSSR count). The van der Waals surface area contributed by atoms with Gasteiger partial charge in [0.15, 0.2) is 0 Å². The molecule has 0 unspecified atom stereocenters. The van der Waals surface area contributed by atoms with Crippen LogP contribution in [0.1, 0.15) is 12.5 Å². The average molecular weight is 294 g/mol. The summed E-state index contributed by atoms with van der Waals surface area (Å²) in [7, 11) is 3.08. The molecule has 3 atom stereocenters. The molecule has 1 aromatic carbocycles. The Kier molecular flexibility index (Phi) is 6.91. The molecule has 0 aliphatic heterocycles. The second-order valence-electron chi connectivity index (χ2n) is 4.69. The van der Waals surface area contributed by atoms with Gasteiger partial charge in [0.25, 0.3) is 0 Å². The van der Waals surface area contributed by atoms with Gasteiger partial charge in [-0.2, -0.15) is 0 Å². The molecule has 0 spiro atoms. The number of aliphatic carboxylic acids is 1. The maximum Gasteiger partial charge on any atom is 0.308 e. The van der Waals surface area contributed by atoms with Crippen molar-refractivity contribution in [3.8, 4) is 5.75 Å². The van der Waals surface area contributed by atoms with Crippen molar-refractivity contribution in [2.24, 2.45) is 5.92 Å². The minimum atomic E-state index is -0.929. The number of hydrogen-bond acceptors (Lipinski definition) is 4. The molecule has 21 heavy (non-hydrogen) atoms. The summed E-state index contributed by atoms with van der Waals surface area (Å²) in [5, 5.41) is 9.09. The van der Waals surface area contributed by atoms with Crippen LogP contribution in [0.2, 0.25) is 0 Å². The standard InChI is InChI=1S/C16H22O5/c1-5-14(15(20-4)11(2)16(17)18)21-10-12-6-8-13(19-3)9-7-12/h5-9,11,14-15H,1,10H2,2-4H3,(H,17,18)/t11-,14+,15-/m0/s1. The number of ether oxygens (including phenoxy) is 3. The maximum absolute atomic E-state index is 11.1. The molecule has 1 N–H and O–H groups in total. The quantitative estimate of drug-likeness (QED) is 0.709. The highest BCUT2D eigenvalue weighted by atomic mass is 16.5. The van der Waals surface area contributed by atoms with Gasteiger partial charge in [-0.15, -0.1) is 6.58 Å². The van der Waals surface area contributed by atoms with Crippen molar-refractivity contribution >= 4 is 5.97 Å². The SMILES string of the molecule is C=C[C@@H](OCc1ccc(OC)cc1)[C@@H](OC)[C@H](C)C(=O)O. The monoisotopic (exact) mass is 294 g/mol. The molecule has 0 bridgehead atoms. The molecule has 0 amide bonds. The van der Waals surface area contributed by atoms with Gasteiger partial charge < -0.3 is 19.3 Å². The smallest absolute Gasteiger partial charge is 0.308 e. The second kappa shape index (κ2) is 8.44. The van der Waals surface area contributed by atoms with Crippen molar-refractivity contribution in [3.05, 3.63) is 42.5 Å². The van der Waals surface area contributed by atoms with E-state index in [0.29, 0.717) is 6.61 Å². The molecule has 0 heterocycles. The lowest BCUT2D eigenvalue weighted by atomic mass is 9.99. The first-order chi connectivity index (χ1) is 10.0. The summed E-state index contributed by atoms with van der Waals surface area (Å²) in [5.41, 5.74) is 0.959. The van der Waals surface area contributed by atoms with E-state index < -0.39 is 24.1 Å². The normalized spacial score (nSPS) is 15.0. The number of methoxy groups -OCH3 is 2. The molecule has 0 saturated carbocycles. The first kappa shape index (κ1) is 17.2. The average Bonchev–Trinajstić information content (AvgIpc) is 2.51. The molecular weight excluding hydrogens is 272 g/mol. The van der Waals surface area contributed by atoms with Crippen molar-refractivity contribution < 1.29 is 24.1 Å². The van der Waals surface area contributed by atoms with Crippen LogP contribution < -0.4 is 4.74 Å². The minimum Gasteiger partial charge on any atom is -0.497 e. The van der Waals surface area contributed by atoms with Gasteiger partial charge in [0.1, 0.15) is 11.9 Å². The van der Waals surface area contributed by atoms with Crippen molar-refractivity contribution in [2.45, 2.75) is 25.7 Å². The fraction of sp³-hybridized carbons (Fsp3) is 0.438.